The van der Waals surface area contributed by atoms with Crippen LogP contribution >= 0.6 is 0 Å². The Kier molecular flexibility index (Phi) is 7.55. The summed E-state index contributed by atoms with van der Waals surface area (Å²) in [6, 6.07) is 9.17. The second-order valence-corrected chi connectivity index (χ2v) is 11.1. The van der Waals surface area contributed by atoms with Crippen LogP contribution in [0.4, 0.5) is 10.3 Å². The van der Waals surface area contributed by atoms with Gasteiger partial charge in [-0.05, 0) is 49.7 Å². The van der Waals surface area contributed by atoms with E-state index in [1.165, 1.54) is 51.0 Å². The predicted octanol–water partition coefficient (Wildman–Crippen LogP) is 3.58. The van der Waals surface area contributed by atoms with Crippen LogP contribution in [0.1, 0.15) is 24.4 Å². The van der Waals surface area contributed by atoms with Gasteiger partial charge in [-0.1, -0.05) is 6.07 Å². The van der Waals surface area contributed by atoms with Crippen molar-refractivity contribution in [2.45, 2.75) is 25.2 Å². The Hall–Kier alpha value is -4.63. The van der Waals surface area contributed by atoms with Crippen LogP contribution in [0.2, 0.25) is 0 Å². The quantitative estimate of drug-likeness (QED) is 0.249. The molecule has 15 heteroatoms. The average Bonchev–Trinajstić information content (AvgIpc) is 3.56. The molecular weight excluding hydrogens is 555 g/mol. The highest BCUT2D eigenvalue weighted by Crippen LogP contribution is 2.39. The van der Waals surface area contributed by atoms with E-state index in [4.69, 9.17) is 14.2 Å². The molecule has 2 N–H and O–H groups in total. The fraction of sp³-hybridized carbons (Fsp3) is 0.269. The molecule has 0 bridgehead atoms. The molecule has 0 saturated carbocycles. The van der Waals surface area contributed by atoms with E-state index >= 15 is 0 Å². The number of ether oxygens (including phenoxy) is 3. The zero-order valence-corrected chi connectivity index (χ0v) is 23.6. The number of aryl methyl sites for hydroxylation is 1. The summed E-state index contributed by atoms with van der Waals surface area (Å²) in [6.07, 6.45) is 2.16. The van der Waals surface area contributed by atoms with Crippen LogP contribution in [0.15, 0.2) is 48.8 Å². The van der Waals surface area contributed by atoms with E-state index in [0.29, 0.717) is 28.1 Å². The molecule has 214 valence electrons. The number of halogens is 1. The number of fused-ring (bicyclic) bond motifs is 1. The van der Waals surface area contributed by atoms with Gasteiger partial charge in [0.25, 0.3) is 0 Å². The number of aromatic nitrogens is 7. The van der Waals surface area contributed by atoms with Gasteiger partial charge in [0.1, 0.15) is 40.1 Å². The molecule has 3 heterocycles. The third-order valence-corrected chi connectivity index (χ3v) is 8.18. The lowest BCUT2D eigenvalue weighted by molar-refractivity contribution is 0.0949. The minimum atomic E-state index is -4.21. The zero-order chi connectivity index (χ0) is 29.3. The molecule has 41 heavy (non-hydrogen) atoms. The molecule has 0 radical (unpaired) electrons. The number of H-pyrrole nitrogens is 1. The maximum atomic E-state index is 14.2. The van der Waals surface area contributed by atoms with Gasteiger partial charge in [-0.2, -0.15) is 5.10 Å². The molecule has 0 saturated heterocycles. The second kappa shape index (κ2) is 11.1. The predicted molar refractivity (Wildman–Crippen MR) is 148 cm³/mol. The highest BCUT2D eigenvalue weighted by atomic mass is 32.2. The third-order valence-electron chi connectivity index (χ3n) is 6.48. The number of hydrogen-bond acceptors (Lipinski definition) is 10. The Bertz CT molecular complexity index is 1780. The Balaban J connectivity index is 1.67. The normalized spacial score (nSPS) is 13.2. The number of hydrogen-bond donors (Lipinski definition) is 2. The van der Waals surface area contributed by atoms with E-state index in [9.17, 15) is 12.8 Å². The largest absolute Gasteiger partial charge is 0.494 e. The first-order chi connectivity index (χ1) is 19.7. The molecule has 5 aromatic rings. The maximum absolute atomic E-state index is 14.2. The number of benzene rings is 2. The van der Waals surface area contributed by atoms with Crippen molar-refractivity contribution in [2.75, 3.05) is 26.1 Å². The molecule has 0 unspecified atom stereocenters. The number of para-hydroxylation sites is 1. The monoisotopic (exact) mass is 582 g/mol. The molecule has 2 atom stereocenters. The molecule has 0 amide bonds. The van der Waals surface area contributed by atoms with Crippen molar-refractivity contribution in [2.24, 2.45) is 0 Å². The Labute approximate surface area is 234 Å². The smallest absolute Gasteiger partial charge is 0.243 e. The average molecular weight is 583 g/mol. The summed E-state index contributed by atoms with van der Waals surface area (Å²) >= 11 is 0. The number of nitrogens with one attached hydrogen (secondary N) is 2. The number of sulfonamides is 1. The van der Waals surface area contributed by atoms with Gasteiger partial charge < -0.3 is 14.2 Å². The van der Waals surface area contributed by atoms with Gasteiger partial charge in [0.05, 0.1) is 19.7 Å². The molecule has 0 aliphatic rings. The molecule has 0 fully saturated rings. The SMILES string of the molecule is COc1cccc(OC)c1-n1c(NS(=O)(=O)[C@@H](C)[C@H](OC)c2ncc(C)cn2)nnc1-c1n[nH]c2ccc(F)cc12. The van der Waals surface area contributed by atoms with E-state index in [0.717, 1.165) is 5.56 Å². The third kappa shape index (κ3) is 5.16. The molecule has 13 nitrogen and oxygen atoms in total. The van der Waals surface area contributed by atoms with Crippen molar-refractivity contribution in [1.29, 1.82) is 0 Å². The highest BCUT2D eigenvalue weighted by Gasteiger charge is 2.35. The zero-order valence-electron chi connectivity index (χ0n) is 22.8. The summed E-state index contributed by atoms with van der Waals surface area (Å²) in [4.78, 5) is 8.48. The standard InChI is InChI=1S/C26H27FN8O5S/c1-14-12-28-24(29-13-14)23(40-5)15(2)41(36,37)34-26-33-32-25(21-17-11-16(27)9-10-18(17)30-31-21)35(26)22-19(38-3)7-6-8-20(22)39-4/h6-13,15,23H,1-5H3,(H,30,31)(H,33,34)/t15-,23-/m0/s1. The first kappa shape index (κ1) is 27.9. The van der Waals surface area contributed by atoms with E-state index < -0.39 is 27.2 Å². The number of rotatable bonds is 10. The van der Waals surface area contributed by atoms with Gasteiger partial charge in [0.15, 0.2) is 11.6 Å². The Morgan fingerprint density at radius 3 is 2.34 bits per heavy atom. The summed E-state index contributed by atoms with van der Waals surface area (Å²) in [7, 11) is 0.0848. The van der Waals surface area contributed by atoms with E-state index in [2.05, 4.69) is 35.1 Å². The first-order valence-corrected chi connectivity index (χ1v) is 13.9. The van der Waals surface area contributed by atoms with Crippen LogP contribution in [0.25, 0.3) is 28.1 Å². The fourth-order valence-electron chi connectivity index (χ4n) is 4.36. The molecule has 5 rings (SSSR count). The van der Waals surface area contributed by atoms with Crippen molar-refractivity contribution < 1.29 is 27.0 Å². The molecule has 0 spiro atoms. The molecular formula is C26H27FN8O5S. The van der Waals surface area contributed by atoms with Gasteiger partial charge in [0.2, 0.25) is 16.0 Å². The lowest BCUT2D eigenvalue weighted by Gasteiger charge is -2.22. The van der Waals surface area contributed by atoms with E-state index in [1.807, 2.05) is 6.92 Å². The molecule has 2 aromatic carbocycles. The summed E-state index contributed by atoms with van der Waals surface area (Å²) in [5.74, 6) is 0.275. The van der Waals surface area contributed by atoms with E-state index in [-0.39, 0.29) is 23.3 Å². The lowest BCUT2D eigenvalue weighted by Crippen LogP contribution is -2.33. The topological polar surface area (TPSA) is 159 Å². The van der Waals surface area contributed by atoms with Gasteiger partial charge >= 0.3 is 0 Å². The van der Waals surface area contributed by atoms with Crippen LogP contribution in [-0.4, -0.2) is 69.9 Å². The fourth-order valence-corrected chi connectivity index (χ4v) is 5.49. The Morgan fingerprint density at radius 2 is 1.71 bits per heavy atom. The van der Waals surface area contributed by atoms with Crippen molar-refractivity contribution in [3.8, 4) is 28.7 Å². The van der Waals surface area contributed by atoms with Crippen LogP contribution < -0.4 is 14.2 Å². The van der Waals surface area contributed by atoms with Gasteiger partial charge in [0, 0.05) is 24.9 Å². The molecule has 3 aromatic heterocycles. The number of aromatic amines is 1. The number of nitrogens with zero attached hydrogens (tertiary/aromatic N) is 6. The maximum Gasteiger partial charge on any atom is 0.243 e. The van der Waals surface area contributed by atoms with Crippen LogP contribution in [-0.2, 0) is 14.8 Å². The van der Waals surface area contributed by atoms with Crippen molar-refractivity contribution in [3.63, 3.8) is 0 Å². The first-order valence-electron chi connectivity index (χ1n) is 12.3. The van der Waals surface area contributed by atoms with Gasteiger partial charge in [-0.25, -0.2) is 22.8 Å². The summed E-state index contributed by atoms with van der Waals surface area (Å²) in [5.41, 5.74) is 1.87. The van der Waals surface area contributed by atoms with Crippen molar-refractivity contribution in [1.82, 2.24) is 34.9 Å². The van der Waals surface area contributed by atoms with Gasteiger partial charge in [-0.3, -0.25) is 14.4 Å². The minimum absolute atomic E-state index is 0.0974. The molecule has 0 aliphatic carbocycles. The van der Waals surface area contributed by atoms with Crippen molar-refractivity contribution >= 4 is 26.9 Å². The van der Waals surface area contributed by atoms with Crippen LogP contribution in [0.5, 0.6) is 11.5 Å². The summed E-state index contributed by atoms with van der Waals surface area (Å²) < 4.78 is 62.3. The lowest BCUT2D eigenvalue weighted by atomic mass is 10.2. The van der Waals surface area contributed by atoms with Crippen LogP contribution in [0, 0.1) is 12.7 Å². The summed E-state index contributed by atoms with van der Waals surface area (Å²) in [5, 5.41) is 14.8. The van der Waals surface area contributed by atoms with E-state index in [1.54, 1.807) is 30.6 Å². The minimum Gasteiger partial charge on any atom is -0.494 e. The second-order valence-electron chi connectivity index (χ2n) is 9.08. The number of anilines is 1. The van der Waals surface area contributed by atoms with Crippen LogP contribution in [0.3, 0.4) is 0 Å². The van der Waals surface area contributed by atoms with Gasteiger partial charge in [-0.15, -0.1) is 10.2 Å². The number of methoxy groups -OCH3 is 3. The Morgan fingerprint density at radius 1 is 1.02 bits per heavy atom. The highest BCUT2D eigenvalue weighted by molar-refractivity contribution is 7.93. The van der Waals surface area contributed by atoms with Crippen molar-refractivity contribution in [3.05, 3.63) is 66.0 Å². The summed E-state index contributed by atoms with van der Waals surface area (Å²) in [6.45, 7) is 3.29. The molecule has 0 aliphatic heterocycles.